The number of piperazine rings is 1. The molecular weight excluding hydrogens is 270 g/mol. The van der Waals surface area contributed by atoms with Crippen molar-refractivity contribution >= 4 is 17.9 Å². The molecule has 1 saturated heterocycles. The Morgan fingerprint density at radius 2 is 2.10 bits per heavy atom. The Bertz CT molecular complexity index is 472. The zero-order chi connectivity index (χ0) is 15.2. The summed E-state index contributed by atoms with van der Waals surface area (Å²) in [4.78, 5) is 24.3. The first-order valence-electron chi connectivity index (χ1n) is 7.36. The Labute approximate surface area is 125 Å². The van der Waals surface area contributed by atoms with Gasteiger partial charge in [-0.2, -0.15) is 4.98 Å². The van der Waals surface area contributed by atoms with Crippen LogP contribution in [0.15, 0.2) is 12.3 Å². The third-order valence-corrected chi connectivity index (χ3v) is 3.17. The highest BCUT2D eigenvalue weighted by Crippen LogP contribution is 2.14. The van der Waals surface area contributed by atoms with Crippen molar-refractivity contribution in [2.24, 2.45) is 0 Å². The van der Waals surface area contributed by atoms with E-state index in [2.05, 4.69) is 34.0 Å². The first-order chi connectivity index (χ1) is 10.1. The average Bonchev–Trinajstić information content (AvgIpc) is 2.47. The summed E-state index contributed by atoms with van der Waals surface area (Å²) >= 11 is 0. The van der Waals surface area contributed by atoms with Crippen molar-refractivity contribution in [2.75, 3.05) is 43.0 Å². The monoisotopic (exact) mass is 293 g/mol. The molecule has 1 N–H and O–H groups in total. The number of nitrogens with zero attached hydrogens (tertiary/aromatic N) is 4. The van der Waals surface area contributed by atoms with Gasteiger partial charge in [-0.3, -0.25) is 0 Å². The van der Waals surface area contributed by atoms with Crippen LogP contribution in [0.4, 0.5) is 16.6 Å². The van der Waals surface area contributed by atoms with Gasteiger partial charge in [0.2, 0.25) is 5.95 Å². The summed E-state index contributed by atoms with van der Waals surface area (Å²) in [6.45, 7) is 9.04. The van der Waals surface area contributed by atoms with Gasteiger partial charge >= 0.3 is 6.09 Å². The van der Waals surface area contributed by atoms with Gasteiger partial charge in [-0.05, 0) is 26.8 Å². The van der Waals surface area contributed by atoms with Crippen molar-refractivity contribution in [1.29, 1.82) is 0 Å². The fraction of sp³-hybridized carbons (Fsp3) is 0.643. The van der Waals surface area contributed by atoms with Crippen LogP contribution >= 0.6 is 0 Å². The van der Waals surface area contributed by atoms with Crippen molar-refractivity contribution in [3.63, 3.8) is 0 Å². The Kier molecular flexibility index (Phi) is 5.19. The SMILES string of the molecule is CCOC(=O)N1CCN(c2nccc(NC(C)C)n2)CC1. The molecule has 1 fully saturated rings. The molecule has 116 valence electrons. The Morgan fingerprint density at radius 1 is 1.38 bits per heavy atom. The summed E-state index contributed by atoms with van der Waals surface area (Å²) in [6.07, 6.45) is 1.51. The lowest BCUT2D eigenvalue weighted by Gasteiger charge is -2.34. The van der Waals surface area contributed by atoms with E-state index in [1.165, 1.54) is 0 Å². The molecule has 21 heavy (non-hydrogen) atoms. The fourth-order valence-electron chi connectivity index (χ4n) is 2.18. The third-order valence-electron chi connectivity index (χ3n) is 3.17. The molecule has 1 aromatic heterocycles. The van der Waals surface area contributed by atoms with Crippen LogP contribution in [-0.4, -0.2) is 59.8 Å². The van der Waals surface area contributed by atoms with E-state index < -0.39 is 0 Å². The molecule has 0 aliphatic carbocycles. The van der Waals surface area contributed by atoms with Gasteiger partial charge in [0.25, 0.3) is 0 Å². The molecule has 0 spiro atoms. The van der Waals surface area contributed by atoms with Gasteiger partial charge in [0.15, 0.2) is 0 Å². The minimum absolute atomic E-state index is 0.242. The topological polar surface area (TPSA) is 70.6 Å². The van der Waals surface area contributed by atoms with Gasteiger partial charge < -0.3 is 19.9 Å². The van der Waals surface area contributed by atoms with Crippen LogP contribution in [0.2, 0.25) is 0 Å². The molecule has 7 heteroatoms. The average molecular weight is 293 g/mol. The molecule has 1 aliphatic heterocycles. The predicted molar refractivity (Wildman–Crippen MR) is 81.6 cm³/mol. The number of rotatable bonds is 4. The molecule has 2 rings (SSSR count). The molecule has 0 aromatic carbocycles. The normalized spacial score (nSPS) is 15.2. The number of anilines is 2. The number of carbonyl (C=O) groups is 1. The van der Waals surface area contributed by atoms with Gasteiger partial charge in [-0.25, -0.2) is 9.78 Å². The zero-order valence-corrected chi connectivity index (χ0v) is 12.9. The van der Waals surface area contributed by atoms with Gasteiger partial charge in [0.1, 0.15) is 5.82 Å². The van der Waals surface area contributed by atoms with E-state index in [0.717, 1.165) is 5.82 Å². The van der Waals surface area contributed by atoms with E-state index in [4.69, 9.17) is 4.74 Å². The molecule has 1 aliphatic rings. The molecule has 1 aromatic rings. The van der Waals surface area contributed by atoms with E-state index in [1.54, 1.807) is 11.1 Å². The van der Waals surface area contributed by atoms with Crippen molar-refractivity contribution < 1.29 is 9.53 Å². The number of aromatic nitrogens is 2. The highest BCUT2D eigenvalue weighted by Gasteiger charge is 2.23. The number of hydrogen-bond donors (Lipinski definition) is 1. The van der Waals surface area contributed by atoms with Gasteiger partial charge in [-0.15, -0.1) is 0 Å². The number of nitrogens with one attached hydrogen (secondary N) is 1. The van der Waals surface area contributed by atoms with Gasteiger partial charge in [0.05, 0.1) is 6.61 Å². The lowest BCUT2D eigenvalue weighted by Crippen LogP contribution is -2.49. The zero-order valence-electron chi connectivity index (χ0n) is 12.9. The van der Waals surface area contributed by atoms with Crippen LogP contribution in [0.5, 0.6) is 0 Å². The van der Waals surface area contributed by atoms with E-state index in [1.807, 2.05) is 13.0 Å². The quantitative estimate of drug-likeness (QED) is 0.909. The first kappa shape index (κ1) is 15.3. The molecule has 2 heterocycles. The maximum Gasteiger partial charge on any atom is 0.409 e. The molecule has 7 nitrogen and oxygen atoms in total. The fourth-order valence-corrected chi connectivity index (χ4v) is 2.18. The standard InChI is InChI=1S/C14H23N5O2/c1-4-21-14(20)19-9-7-18(8-10-19)13-15-6-5-12(17-13)16-11(2)3/h5-6,11H,4,7-10H2,1-3H3,(H,15,16,17). The minimum atomic E-state index is -0.242. The maximum absolute atomic E-state index is 11.7. The number of amides is 1. The lowest BCUT2D eigenvalue weighted by atomic mass is 10.3. The van der Waals surface area contributed by atoms with Crippen LogP contribution in [0.1, 0.15) is 20.8 Å². The molecule has 0 unspecified atom stereocenters. The number of carbonyl (C=O) groups excluding carboxylic acids is 1. The highest BCUT2D eigenvalue weighted by molar-refractivity contribution is 5.68. The van der Waals surface area contributed by atoms with Crippen LogP contribution in [0.25, 0.3) is 0 Å². The Balaban J connectivity index is 1.94. The molecule has 0 bridgehead atoms. The maximum atomic E-state index is 11.7. The largest absolute Gasteiger partial charge is 0.450 e. The summed E-state index contributed by atoms with van der Waals surface area (Å²) in [5.41, 5.74) is 0. The molecule has 0 radical (unpaired) electrons. The minimum Gasteiger partial charge on any atom is -0.450 e. The van der Waals surface area contributed by atoms with Gasteiger partial charge in [0, 0.05) is 38.4 Å². The van der Waals surface area contributed by atoms with E-state index in [-0.39, 0.29) is 6.09 Å². The second-order valence-corrected chi connectivity index (χ2v) is 5.21. The van der Waals surface area contributed by atoms with Crippen LogP contribution in [-0.2, 0) is 4.74 Å². The molecule has 0 saturated carbocycles. The second kappa shape index (κ2) is 7.10. The van der Waals surface area contributed by atoms with Crippen LogP contribution in [0.3, 0.4) is 0 Å². The third kappa shape index (κ3) is 4.21. The van der Waals surface area contributed by atoms with Crippen molar-refractivity contribution in [3.8, 4) is 0 Å². The number of ether oxygens (including phenoxy) is 1. The van der Waals surface area contributed by atoms with Crippen molar-refractivity contribution in [2.45, 2.75) is 26.8 Å². The predicted octanol–water partition coefficient (Wildman–Crippen LogP) is 1.58. The van der Waals surface area contributed by atoms with E-state index in [9.17, 15) is 4.79 Å². The molecule has 1 amide bonds. The van der Waals surface area contributed by atoms with Crippen molar-refractivity contribution in [1.82, 2.24) is 14.9 Å². The Morgan fingerprint density at radius 3 is 2.71 bits per heavy atom. The van der Waals surface area contributed by atoms with Crippen LogP contribution < -0.4 is 10.2 Å². The number of hydrogen-bond acceptors (Lipinski definition) is 6. The molecular formula is C14H23N5O2. The van der Waals surface area contributed by atoms with Crippen LogP contribution in [0, 0.1) is 0 Å². The summed E-state index contributed by atoms with van der Waals surface area (Å²) in [6, 6.07) is 2.19. The summed E-state index contributed by atoms with van der Waals surface area (Å²) in [5, 5.41) is 3.27. The van der Waals surface area contributed by atoms with E-state index in [0.29, 0.717) is 44.8 Å². The first-order valence-corrected chi connectivity index (χ1v) is 7.36. The molecule has 0 atom stereocenters. The highest BCUT2D eigenvalue weighted by atomic mass is 16.6. The summed E-state index contributed by atoms with van der Waals surface area (Å²) in [5.74, 6) is 1.52. The lowest BCUT2D eigenvalue weighted by molar-refractivity contribution is 0.105. The van der Waals surface area contributed by atoms with Crippen molar-refractivity contribution in [3.05, 3.63) is 12.3 Å². The second-order valence-electron chi connectivity index (χ2n) is 5.21. The summed E-state index contributed by atoms with van der Waals surface area (Å²) in [7, 11) is 0. The van der Waals surface area contributed by atoms with E-state index >= 15 is 0 Å². The smallest absolute Gasteiger partial charge is 0.409 e. The van der Waals surface area contributed by atoms with Gasteiger partial charge in [-0.1, -0.05) is 0 Å². The summed E-state index contributed by atoms with van der Waals surface area (Å²) < 4.78 is 5.01. The Hall–Kier alpha value is -2.05.